The number of carbonyl (C=O) groups excluding carboxylic acids is 6. The van der Waals surface area contributed by atoms with E-state index >= 15 is 0 Å². The molecule has 7 rings (SSSR count). The van der Waals surface area contributed by atoms with Crippen LogP contribution in [0.3, 0.4) is 0 Å². The van der Waals surface area contributed by atoms with E-state index in [1.165, 1.54) is 48.1 Å². The quantitative estimate of drug-likeness (QED) is 0.0376. The summed E-state index contributed by atoms with van der Waals surface area (Å²) in [7, 11) is 3.63. The zero-order valence-electron chi connectivity index (χ0n) is 38.4. The smallest absolute Gasteiger partial charge is 0.411 e. The number of hydrogen-bond acceptors (Lipinski definition) is 21. The van der Waals surface area contributed by atoms with Crippen LogP contribution >= 0.6 is 21.6 Å². The third kappa shape index (κ3) is 11.8. The molecule has 0 spiro atoms. The second kappa shape index (κ2) is 22.7. The van der Waals surface area contributed by atoms with Crippen LogP contribution in [0.2, 0.25) is 0 Å². The highest BCUT2D eigenvalue weighted by molar-refractivity contribution is 8.76. The number of methoxy groups -OCH3 is 1. The summed E-state index contributed by atoms with van der Waals surface area (Å²) in [4.78, 5) is 120. The first-order chi connectivity index (χ1) is 34.3. The van der Waals surface area contributed by atoms with Gasteiger partial charge in [-0.05, 0) is 73.3 Å². The first-order valence-corrected chi connectivity index (χ1v) is 25.2. The number of aromatic amines is 1. The number of nitrogen functional groups attached to an aromatic ring is 1. The van der Waals surface area contributed by atoms with Gasteiger partial charge < -0.3 is 56.2 Å². The van der Waals surface area contributed by atoms with E-state index in [1.54, 1.807) is 48.2 Å². The van der Waals surface area contributed by atoms with E-state index in [0.29, 0.717) is 21.8 Å². The first kappa shape index (κ1) is 52.3. The topological polar surface area (TPSA) is 374 Å². The molecule has 2 aromatic carbocycles. The molecule has 4 amide bonds. The van der Waals surface area contributed by atoms with E-state index in [-0.39, 0.29) is 83.9 Å². The lowest BCUT2D eigenvalue weighted by atomic mass is 9.84. The number of amides is 4. The fourth-order valence-electron chi connectivity index (χ4n) is 8.22. The van der Waals surface area contributed by atoms with Crippen LogP contribution in [0.15, 0.2) is 87.0 Å². The normalized spacial score (nSPS) is 18.5. The van der Waals surface area contributed by atoms with Crippen LogP contribution in [-0.2, 0) is 57.6 Å². The minimum Gasteiger partial charge on any atom is -0.771 e. The van der Waals surface area contributed by atoms with Crippen molar-refractivity contribution in [1.29, 1.82) is 0 Å². The van der Waals surface area contributed by atoms with Gasteiger partial charge >= 0.3 is 18.2 Å². The standard InChI is InChI=1S/C44H47N11O14S3/c1-20-35(57)34-31(36(58)37(20)67-3)27(17-68-43(46)63)33-21(2)54(19-55(33)34)44(64)69-16-22-4-10-26(11-5-22)71-70-18-30(72(65)66)51-29(56)13-12-28(41(61)62)50-39(59)23-6-8-24(9-7-23)47-14-25-15-48-38-32(49-25)40(60)53-42(45)52-38/h4-11,15,21,27-28,30,33,47H,12-14,16-19H2,1-3H3,(H2,46,63)(H,50,59)(H,51,56)(H,61,62)(H,65,66)(H3,45,48,52,53,60)/p-1/t21-,27+,28-,30+,33?/m0/s1. The molecule has 0 saturated carbocycles. The van der Waals surface area contributed by atoms with Crippen molar-refractivity contribution in [2.45, 2.75) is 68.2 Å². The Balaban J connectivity index is 0.839. The average Bonchev–Trinajstić information content (AvgIpc) is 3.86. The van der Waals surface area contributed by atoms with Crippen molar-refractivity contribution in [3.63, 3.8) is 0 Å². The molecule has 6 atom stereocenters. The number of nitrogens with zero attached hydrogens (tertiary/aromatic N) is 5. The average molecular weight is 1050 g/mol. The lowest BCUT2D eigenvalue weighted by molar-refractivity contribution is -0.139. The molecule has 2 unspecified atom stereocenters. The zero-order valence-corrected chi connectivity index (χ0v) is 40.9. The molecule has 2 aromatic heterocycles. The molecule has 380 valence electrons. The van der Waals surface area contributed by atoms with Crippen molar-refractivity contribution >= 4 is 97.0 Å². The van der Waals surface area contributed by atoms with Crippen molar-refractivity contribution in [1.82, 2.24) is 40.4 Å². The highest BCUT2D eigenvalue weighted by Crippen LogP contribution is 2.46. The van der Waals surface area contributed by atoms with E-state index in [9.17, 15) is 52.2 Å². The zero-order chi connectivity index (χ0) is 52.0. The maximum Gasteiger partial charge on any atom is 0.411 e. The summed E-state index contributed by atoms with van der Waals surface area (Å²) in [5, 5.41) is 16.3. The van der Waals surface area contributed by atoms with Crippen molar-refractivity contribution in [2.24, 2.45) is 11.7 Å². The number of H-pyrrole nitrogens is 1. The number of carboxylic acids is 1. The predicted molar refractivity (Wildman–Crippen MR) is 258 cm³/mol. The number of benzene rings is 2. The number of ether oxygens (including phenoxy) is 3. The summed E-state index contributed by atoms with van der Waals surface area (Å²) in [5.74, 6) is -4.91. The Morgan fingerprint density at radius 1 is 1.03 bits per heavy atom. The second-order valence-corrected chi connectivity index (χ2v) is 19.8. The molecular weight excluding hydrogens is 1000 g/mol. The van der Waals surface area contributed by atoms with Gasteiger partial charge in [-0.25, -0.2) is 24.4 Å². The number of nitrogens with two attached hydrogens (primary N) is 2. The number of hydrogen-bond donors (Lipinski definition) is 7. The fraction of sp³-hybridized carbons (Fsp3) is 0.341. The Morgan fingerprint density at radius 2 is 1.75 bits per heavy atom. The summed E-state index contributed by atoms with van der Waals surface area (Å²) in [6.45, 7) is 2.84. The van der Waals surface area contributed by atoms with Crippen molar-refractivity contribution < 1.29 is 61.6 Å². The van der Waals surface area contributed by atoms with Gasteiger partial charge in [0.25, 0.3) is 11.5 Å². The van der Waals surface area contributed by atoms with Crippen molar-refractivity contribution in [2.75, 3.05) is 37.2 Å². The van der Waals surface area contributed by atoms with Gasteiger partial charge in [-0.1, -0.05) is 33.7 Å². The lowest BCUT2D eigenvalue weighted by Gasteiger charge is -2.27. The van der Waals surface area contributed by atoms with Gasteiger partial charge in [-0.3, -0.25) is 38.1 Å². The third-order valence-electron chi connectivity index (χ3n) is 11.8. The minimum absolute atomic E-state index is 0.0121. The molecule has 25 nitrogen and oxygen atoms in total. The monoisotopic (exact) mass is 1050 g/mol. The summed E-state index contributed by atoms with van der Waals surface area (Å²) in [6, 6.07) is 10.2. The molecule has 72 heavy (non-hydrogen) atoms. The first-order valence-electron chi connectivity index (χ1n) is 21.7. The molecule has 4 heterocycles. The van der Waals surface area contributed by atoms with Crippen LogP contribution in [0, 0.1) is 5.92 Å². The highest BCUT2D eigenvalue weighted by atomic mass is 33.1. The Kier molecular flexibility index (Phi) is 16.5. The highest BCUT2D eigenvalue weighted by Gasteiger charge is 2.57. The van der Waals surface area contributed by atoms with Crippen molar-refractivity contribution in [3.8, 4) is 0 Å². The van der Waals surface area contributed by atoms with Gasteiger partial charge in [0, 0.05) is 45.4 Å². The minimum atomic E-state index is -2.75. The van der Waals surface area contributed by atoms with E-state index in [0.717, 1.165) is 10.8 Å². The number of ketones is 2. The summed E-state index contributed by atoms with van der Waals surface area (Å²) < 4.78 is 40.0. The number of aromatic nitrogens is 4. The molecule has 1 fully saturated rings. The van der Waals surface area contributed by atoms with Crippen LogP contribution in [0.25, 0.3) is 11.2 Å². The number of rotatable bonds is 20. The van der Waals surface area contributed by atoms with Crippen LogP contribution in [0.4, 0.5) is 21.2 Å². The van der Waals surface area contributed by atoms with Crippen LogP contribution in [-0.4, -0.2) is 135 Å². The molecular formula is C44H46N11O14S3-. The number of carbonyl (C=O) groups is 7. The molecule has 9 N–H and O–H groups in total. The predicted octanol–water partition coefficient (Wildman–Crippen LogP) is 1.65. The van der Waals surface area contributed by atoms with Crippen LogP contribution in [0.5, 0.6) is 0 Å². The van der Waals surface area contributed by atoms with Crippen LogP contribution < -0.4 is 33.0 Å². The molecule has 4 aromatic rings. The summed E-state index contributed by atoms with van der Waals surface area (Å²) in [6.07, 6.45) is -1.10. The number of fused-ring (bicyclic) bond motifs is 3. The summed E-state index contributed by atoms with van der Waals surface area (Å²) >= 11 is -2.75. The van der Waals surface area contributed by atoms with Gasteiger partial charge in [0.2, 0.25) is 23.4 Å². The number of Topliss-reactive ketones (excluding diaryl/α,β-unsaturated/α-hetero) is 2. The molecule has 0 bridgehead atoms. The Morgan fingerprint density at radius 3 is 2.42 bits per heavy atom. The van der Waals surface area contributed by atoms with Gasteiger partial charge in [0.1, 0.15) is 24.6 Å². The Bertz CT molecular complexity index is 2970. The molecule has 2 aliphatic heterocycles. The molecule has 28 heteroatoms. The van der Waals surface area contributed by atoms with Crippen molar-refractivity contribution in [3.05, 3.63) is 105 Å². The van der Waals surface area contributed by atoms with E-state index in [1.807, 2.05) is 0 Å². The number of nitrogens with one attached hydrogen (secondary N) is 4. The maximum absolute atomic E-state index is 13.5. The van der Waals surface area contributed by atoms with Gasteiger partial charge in [-0.15, -0.1) is 0 Å². The number of anilines is 2. The SMILES string of the molecule is COC1=C(C)C(=O)C2=C(C1=O)[C@@H](COC(N)=O)C1[C@H](C)N(C(=O)OCc3ccc(SSC[C@H](NC(=O)CC[C@H](NC(=O)c4ccc(NCc5cnc6nc(N)[nH]c(=O)c6n5)cc4)C(=O)O)S(=O)[O-])cc3)CN21. The second-order valence-electron chi connectivity index (χ2n) is 16.3. The van der Waals surface area contributed by atoms with E-state index < -0.39 is 94.0 Å². The molecule has 3 aliphatic rings. The van der Waals surface area contributed by atoms with Gasteiger partial charge in [0.15, 0.2) is 16.9 Å². The molecule has 1 saturated heterocycles. The number of primary amides is 1. The Labute approximate surface area is 418 Å². The van der Waals surface area contributed by atoms with Gasteiger partial charge in [0.05, 0.1) is 50.0 Å². The van der Waals surface area contributed by atoms with Gasteiger partial charge in [-0.2, -0.15) is 4.98 Å². The Hall–Kier alpha value is -7.56. The van der Waals surface area contributed by atoms with Crippen LogP contribution in [0.1, 0.15) is 48.3 Å². The maximum atomic E-state index is 13.5. The molecule has 1 aliphatic carbocycles. The lowest BCUT2D eigenvalue weighted by Crippen LogP contribution is -2.43. The number of carboxylic acid groups (broad SMARTS) is 1. The van der Waals surface area contributed by atoms with E-state index in [2.05, 4.69) is 35.9 Å². The summed E-state index contributed by atoms with van der Waals surface area (Å²) in [5.41, 5.74) is 12.4. The third-order valence-corrected chi connectivity index (χ3v) is 15.1. The van der Waals surface area contributed by atoms with E-state index in [4.69, 9.17) is 25.7 Å². The molecule has 0 radical (unpaired) electrons. The number of allylic oxidation sites excluding steroid dienone is 2. The fourth-order valence-corrected chi connectivity index (χ4v) is 11.4. The number of aliphatic carboxylic acids is 1. The largest absolute Gasteiger partial charge is 0.771 e.